The van der Waals surface area contributed by atoms with Crippen LogP contribution in [0.2, 0.25) is 5.02 Å². The first-order chi connectivity index (χ1) is 9.24. The second kappa shape index (κ2) is 4.93. The number of rotatable bonds is 2. The van der Waals surface area contributed by atoms with Crippen LogP contribution in [0.15, 0.2) is 29.2 Å². The molecule has 0 saturated carbocycles. The highest BCUT2D eigenvalue weighted by Gasteiger charge is 2.10. The van der Waals surface area contributed by atoms with Crippen molar-refractivity contribution in [3.8, 4) is 0 Å². The molecular weight excluding hydrogens is 264 g/mol. The lowest BCUT2D eigenvalue weighted by Gasteiger charge is -2.19. The zero-order valence-corrected chi connectivity index (χ0v) is 10.9. The van der Waals surface area contributed by atoms with Gasteiger partial charge in [0.25, 0.3) is 5.56 Å². The van der Waals surface area contributed by atoms with E-state index in [-0.39, 0.29) is 5.02 Å². The SMILES string of the molecule is O=c1[nH]ncc(Nc2ccc3c(c2)CCCN3)c1Cl. The predicted octanol–water partition coefficient (Wildman–Crippen LogP) is 2.52. The molecule has 19 heavy (non-hydrogen) atoms. The third-order valence-corrected chi connectivity index (χ3v) is 3.49. The number of nitrogens with one attached hydrogen (secondary N) is 3. The fourth-order valence-corrected chi connectivity index (χ4v) is 2.32. The van der Waals surface area contributed by atoms with E-state index in [0.717, 1.165) is 25.1 Å². The molecule has 0 aliphatic carbocycles. The molecule has 1 aromatic carbocycles. The van der Waals surface area contributed by atoms with Crippen LogP contribution in [0.25, 0.3) is 0 Å². The van der Waals surface area contributed by atoms with Gasteiger partial charge in [-0.2, -0.15) is 5.10 Å². The van der Waals surface area contributed by atoms with E-state index in [1.807, 2.05) is 12.1 Å². The smallest absolute Gasteiger partial charge is 0.285 e. The topological polar surface area (TPSA) is 69.8 Å². The number of fused-ring (bicyclic) bond motifs is 1. The van der Waals surface area contributed by atoms with Gasteiger partial charge in [-0.1, -0.05) is 11.6 Å². The molecule has 6 heteroatoms. The molecule has 1 aromatic heterocycles. The normalized spacial score (nSPS) is 13.5. The van der Waals surface area contributed by atoms with Crippen molar-refractivity contribution in [1.29, 1.82) is 0 Å². The van der Waals surface area contributed by atoms with Gasteiger partial charge in [-0.15, -0.1) is 0 Å². The van der Waals surface area contributed by atoms with Gasteiger partial charge in [0.05, 0.1) is 11.9 Å². The van der Waals surface area contributed by atoms with Crippen molar-refractivity contribution < 1.29 is 0 Å². The Kier molecular flexibility index (Phi) is 3.13. The van der Waals surface area contributed by atoms with Gasteiger partial charge in [0.15, 0.2) is 0 Å². The van der Waals surface area contributed by atoms with Crippen LogP contribution in [0, 0.1) is 0 Å². The maximum atomic E-state index is 11.4. The molecule has 3 N–H and O–H groups in total. The molecule has 0 atom stereocenters. The molecule has 5 nitrogen and oxygen atoms in total. The van der Waals surface area contributed by atoms with Crippen LogP contribution < -0.4 is 16.2 Å². The molecule has 0 unspecified atom stereocenters. The van der Waals surface area contributed by atoms with E-state index in [2.05, 4.69) is 26.9 Å². The van der Waals surface area contributed by atoms with Gasteiger partial charge in [0.2, 0.25) is 0 Å². The van der Waals surface area contributed by atoms with Gasteiger partial charge < -0.3 is 10.6 Å². The summed E-state index contributed by atoms with van der Waals surface area (Å²) in [6, 6.07) is 6.05. The van der Waals surface area contributed by atoms with Gasteiger partial charge in [-0.25, -0.2) is 5.10 Å². The van der Waals surface area contributed by atoms with E-state index in [9.17, 15) is 4.79 Å². The summed E-state index contributed by atoms with van der Waals surface area (Å²) >= 11 is 5.93. The number of aromatic amines is 1. The maximum absolute atomic E-state index is 11.4. The molecule has 0 saturated heterocycles. The summed E-state index contributed by atoms with van der Waals surface area (Å²) < 4.78 is 0. The van der Waals surface area contributed by atoms with E-state index in [0.29, 0.717) is 5.69 Å². The van der Waals surface area contributed by atoms with Crippen LogP contribution in [0.1, 0.15) is 12.0 Å². The average Bonchev–Trinajstić information content (AvgIpc) is 2.44. The Morgan fingerprint density at radius 3 is 3.16 bits per heavy atom. The van der Waals surface area contributed by atoms with E-state index in [4.69, 9.17) is 11.6 Å². The number of hydrogen-bond acceptors (Lipinski definition) is 4. The summed E-state index contributed by atoms with van der Waals surface area (Å²) in [6.07, 6.45) is 3.68. The highest BCUT2D eigenvalue weighted by molar-refractivity contribution is 6.33. The third-order valence-electron chi connectivity index (χ3n) is 3.12. The molecule has 0 bridgehead atoms. The molecule has 98 valence electrons. The first kappa shape index (κ1) is 12.0. The maximum Gasteiger partial charge on any atom is 0.285 e. The van der Waals surface area contributed by atoms with Crippen molar-refractivity contribution >= 4 is 28.7 Å². The van der Waals surface area contributed by atoms with Gasteiger partial charge in [0, 0.05) is 17.9 Å². The Labute approximate surface area is 115 Å². The van der Waals surface area contributed by atoms with E-state index in [1.165, 1.54) is 17.4 Å². The number of aromatic nitrogens is 2. The fraction of sp³-hybridized carbons (Fsp3) is 0.231. The molecule has 3 rings (SSSR count). The summed E-state index contributed by atoms with van der Waals surface area (Å²) in [4.78, 5) is 11.4. The fourth-order valence-electron chi connectivity index (χ4n) is 2.18. The number of halogens is 1. The quantitative estimate of drug-likeness (QED) is 0.788. The van der Waals surface area contributed by atoms with Crippen molar-refractivity contribution in [1.82, 2.24) is 10.2 Å². The van der Waals surface area contributed by atoms with Crippen molar-refractivity contribution in [2.45, 2.75) is 12.8 Å². The van der Waals surface area contributed by atoms with E-state index in [1.54, 1.807) is 0 Å². The minimum Gasteiger partial charge on any atom is -0.385 e. The van der Waals surface area contributed by atoms with Crippen LogP contribution in [-0.4, -0.2) is 16.7 Å². The molecule has 2 aromatic rings. The molecule has 0 fully saturated rings. The lowest BCUT2D eigenvalue weighted by molar-refractivity contribution is 0.830. The Bertz CT molecular complexity index is 668. The van der Waals surface area contributed by atoms with Crippen molar-refractivity contribution in [2.75, 3.05) is 17.2 Å². The van der Waals surface area contributed by atoms with Crippen LogP contribution in [-0.2, 0) is 6.42 Å². The molecule has 1 aliphatic rings. The van der Waals surface area contributed by atoms with Crippen LogP contribution in [0.5, 0.6) is 0 Å². The first-order valence-corrected chi connectivity index (χ1v) is 6.49. The molecule has 0 spiro atoms. The van der Waals surface area contributed by atoms with E-state index < -0.39 is 5.56 Å². The predicted molar refractivity (Wildman–Crippen MR) is 76.4 cm³/mol. The number of anilines is 3. The Hall–Kier alpha value is -2.01. The Morgan fingerprint density at radius 2 is 2.26 bits per heavy atom. The third kappa shape index (κ3) is 2.42. The number of nitrogens with zero attached hydrogens (tertiary/aromatic N) is 1. The number of H-pyrrole nitrogens is 1. The number of benzene rings is 1. The number of aryl methyl sites for hydroxylation is 1. The minimum absolute atomic E-state index is 0.117. The Morgan fingerprint density at radius 1 is 1.37 bits per heavy atom. The van der Waals surface area contributed by atoms with Crippen molar-refractivity contribution in [2.24, 2.45) is 0 Å². The van der Waals surface area contributed by atoms with Crippen LogP contribution in [0.4, 0.5) is 17.1 Å². The van der Waals surface area contributed by atoms with Gasteiger partial charge in [-0.05, 0) is 36.6 Å². The summed E-state index contributed by atoms with van der Waals surface area (Å²) in [7, 11) is 0. The van der Waals surface area contributed by atoms with Crippen molar-refractivity contribution in [3.05, 3.63) is 45.3 Å². The van der Waals surface area contributed by atoms with Crippen LogP contribution >= 0.6 is 11.6 Å². The second-order valence-corrected chi connectivity index (χ2v) is 4.83. The summed E-state index contributed by atoms with van der Waals surface area (Å²) in [5.41, 5.74) is 3.45. The summed E-state index contributed by atoms with van der Waals surface area (Å²) in [5, 5.41) is 12.6. The van der Waals surface area contributed by atoms with E-state index >= 15 is 0 Å². The average molecular weight is 277 g/mol. The molecule has 0 amide bonds. The largest absolute Gasteiger partial charge is 0.385 e. The highest BCUT2D eigenvalue weighted by Crippen LogP contribution is 2.27. The van der Waals surface area contributed by atoms with Crippen molar-refractivity contribution in [3.63, 3.8) is 0 Å². The zero-order valence-electron chi connectivity index (χ0n) is 10.2. The highest BCUT2D eigenvalue weighted by atomic mass is 35.5. The summed E-state index contributed by atoms with van der Waals surface area (Å²) in [5.74, 6) is 0. The van der Waals surface area contributed by atoms with Crippen LogP contribution in [0.3, 0.4) is 0 Å². The molecule has 1 aliphatic heterocycles. The summed E-state index contributed by atoms with van der Waals surface area (Å²) in [6.45, 7) is 1.02. The molecule has 2 heterocycles. The van der Waals surface area contributed by atoms with Gasteiger partial charge in [-0.3, -0.25) is 4.79 Å². The monoisotopic (exact) mass is 276 g/mol. The molecular formula is C13H13ClN4O. The Balaban J connectivity index is 1.91. The lowest BCUT2D eigenvalue weighted by Crippen LogP contribution is -2.12. The first-order valence-electron chi connectivity index (χ1n) is 6.11. The second-order valence-electron chi connectivity index (χ2n) is 4.45. The standard InChI is InChI=1S/C13H13ClN4O/c14-12-11(7-16-18-13(12)19)17-9-3-4-10-8(6-9)2-1-5-15-10/h3-4,6-7,15H,1-2,5H2,(H2,17,18,19). The zero-order chi connectivity index (χ0) is 13.2. The molecule has 0 radical (unpaired) electrons. The number of hydrogen-bond donors (Lipinski definition) is 3. The lowest BCUT2D eigenvalue weighted by atomic mass is 10.0. The van der Waals surface area contributed by atoms with Gasteiger partial charge in [0.1, 0.15) is 5.02 Å². The van der Waals surface area contributed by atoms with Gasteiger partial charge >= 0.3 is 0 Å². The minimum atomic E-state index is -0.397.